The molecule has 1 aromatic carbocycles. The highest BCUT2D eigenvalue weighted by atomic mass is 16.5. The highest BCUT2D eigenvalue weighted by Crippen LogP contribution is 2.42. The Kier molecular flexibility index (Phi) is 4.29. The standard InChI is InChI=1S/C16H22N4O2/c1-3-21-14-8-7-12(9-15(14)22-4-2)20-16(11-5-6-11)13(10-17)18-19-20/h7-9,11H,3-6,10,17H2,1-2H3. The van der Waals surface area contributed by atoms with Gasteiger partial charge in [-0.15, -0.1) is 5.10 Å². The molecule has 0 atom stereocenters. The van der Waals surface area contributed by atoms with Crippen molar-refractivity contribution in [2.24, 2.45) is 5.73 Å². The Balaban J connectivity index is 2.01. The van der Waals surface area contributed by atoms with Gasteiger partial charge in [0.05, 0.1) is 24.6 Å². The maximum atomic E-state index is 5.79. The predicted molar refractivity (Wildman–Crippen MR) is 83.6 cm³/mol. The van der Waals surface area contributed by atoms with E-state index in [1.165, 1.54) is 12.8 Å². The second-order valence-electron chi connectivity index (χ2n) is 5.31. The van der Waals surface area contributed by atoms with Crippen LogP contribution in [0.5, 0.6) is 11.5 Å². The zero-order valence-electron chi connectivity index (χ0n) is 13.1. The lowest BCUT2D eigenvalue weighted by Gasteiger charge is -2.13. The molecule has 6 nitrogen and oxygen atoms in total. The molecule has 0 radical (unpaired) electrons. The first kappa shape index (κ1) is 14.8. The second-order valence-corrected chi connectivity index (χ2v) is 5.31. The van der Waals surface area contributed by atoms with Gasteiger partial charge >= 0.3 is 0 Å². The van der Waals surface area contributed by atoms with E-state index in [9.17, 15) is 0 Å². The van der Waals surface area contributed by atoms with Gasteiger partial charge in [0.2, 0.25) is 0 Å². The van der Waals surface area contributed by atoms with E-state index in [4.69, 9.17) is 15.2 Å². The number of rotatable bonds is 7. The van der Waals surface area contributed by atoms with E-state index in [0.717, 1.165) is 28.6 Å². The zero-order chi connectivity index (χ0) is 15.5. The van der Waals surface area contributed by atoms with Crippen molar-refractivity contribution in [2.75, 3.05) is 13.2 Å². The molecular weight excluding hydrogens is 280 g/mol. The Morgan fingerprint density at radius 2 is 1.91 bits per heavy atom. The van der Waals surface area contributed by atoms with Crippen molar-refractivity contribution >= 4 is 0 Å². The predicted octanol–water partition coefficient (Wildman–Crippen LogP) is 2.40. The molecule has 118 valence electrons. The molecule has 1 heterocycles. The van der Waals surface area contributed by atoms with Gasteiger partial charge in [0.25, 0.3) is 0 Å². The van der Waals surface area contributed by atoms with Gasteiger partial charge in [0.15, 0.2) is 11.5 Å². The average Bonchev–Trinajstić information content (AvgIpc) is 3.28. The fourth-order valence-electron chi connectivity index (χ4n) is 2.59. The smallest absolute Gasteiger partial charge is 0.163 e. The minimum absolute atomic E-state index is 0.418. The van der Waals surface area contributed by atoms with E-state index in [0.29, 0.717) is 25.7 Å². The molecule has 0 aliphatic heterocycles. The Bertz CT molecular complexity index is 650. The summed E-state index contributed by atoms with van der Waals surface area (Å²) >= 11 is 0. The number of hydrogen-bond donors (Lipinski definition) is 1. The van der Waals surface area contributed by atoms with Gasteiger partial charge in [-0.25, -0.2) is 4.68 Å². The van der Waals surface area contributed by atoms with Crippen LogP contribution in [-0.4, -0.2) is 28.2 Å². The summed E-state index contributed by atoms with van der Waals surface area (Å²) in [6, 6.07) is 5.86. The SMILES string of the molecule is CCOc1ccc(-n2nnc(CN)c2C2CC2)cc1OCC. The normalized spacial score (nSPS) is 14.1. The molecule has 1 aliphatic carbocycles. The Morgan fingerprint density at radius 1 is 1.18 bits per heavy atom. The molecule has 0 spiro atoms. The Labute approximate surface area is 130 Å². The second kappa shape index (κ2) is 6.36. The molecule has 1 aliphatic rings. The van der Waals surface area contributed by atoms with Crippen molar-refractivity contribution in [3.8, 4) is 17.2 Å². The first-order valence-electron chi connectivity index (χ1n) is 7.83. The largest absolute Gasteiger partial charge is 0.490 e. The average molecular weight is 302 g/mol. The van der Waals surface area contributed by atoms with Gasteiger partial charge in [-0.3, -0.25) is 0 Å². The van der Waals surface area contributed by atoms with E-state index in [1.54, 1.807) is 0 Å². The highest BCUT2D eigenvalue weighted by Gasteiger charge is 2.31. The van der Waals surface area contributed by atoms with E-state index in [2.05, 4.69) is 10.3 Å². The molecule has 22 heavy (non-hydrogen) atoms. The molecule has 2 aromatic rings. The fraction of sp³-hybridized carbons (Fsp3) is 0.500. The van der Waals surface area contributed by atoms with Gasteiger partial charge in [-0.2, -0.15) is 0 Å². The first-order valence-corrected chi connectivity index (χ1v) is 7.83. The molecule has 0 saturated heterocycles. The van der Waals surface area contributed by atoms with E-state index in [1.807, 2.05) is 36.7 Å². The van der Waals surface area contributed by atoms with E-state index < -0.39 is 0 Å². The molecular formula is C16H22N4O2. The van der Waals surface area contributed by atoms with Crippen LogP contribution in [0, 0.1) is 0 Å². The van der Waals surface area contributed by atoms with Crippen molar-refractivity contribution in [2.45, 2.75) is 39.2 Å². The van der Waals surface area contributed by atoms with Crippen LogP contribution in [0.25, 0.3) is 5.69 Å². The number of nitrogens with zero attached hydrogens (tertiary/aromatic N) is 3. The van der Waals surface area contributed by atoms with Crippen LogP contribution >= 0.6 is 0 Å². The topological polar surface area (TPSA) is 75.2 Å². The summed E-state index contributed by atoms with van der Waals surface area (Å²) < 4.78 is 13.2. The monoisotopic (exact) mass is 302 g/mol. The lowest BCUT2D eigenvalue weighted by molar-refractivity contribution is 0.287. The van der Waals surface area contributed by atoms with Crippen LogP contribution in [0.1, 0.15) is 44.0 Å². The molecule has 0 amide bonds. The van der Waals surface area contributed by atoms with Gasteiger partial charge in [-0.05, 0) is 38.8 Å². The van der Waals surface area contributed by atoms with Crippen molar-refractivity contribution in [3.63, 3.8) is 0 Å². The molecule has 1 fully saturated rings. The van der Waals surface area contributed by atoms with Crippen molar-refractivity contribution in [1.29, 1.82) is 0 Å². The molecule has 3 rings (SSSR count). The van der Waals surface area contributed by atoms with Gasteiger partial charge < -0.3 is 15.2 Å². The van der Waals surface area contributed by atoms with E-state index >= 15 is 0 Å². The fourth-order valence-corrected chi connectivity index (χ4v) is 2.59. The van der Waals surface area contributed by atoms with Crippen LogP contribution in [0.4, 0.5) is 0 Å². The molecule has 0 bridgehead atoms. The Hall–Kier alpha value is -2.08. The van der Waals surface area contributed by atoms with Crippen LogP contribution in [0.2, 0.25) is 0 Å². The number of hydrogen-bond acceptors (Lipinski definition) is 5. The summed E-state index contributed by atoms with van der Waals surface area (Å²) in [5.74, 6) is 2.00. The van der Waals surface area contributed by atoms with Crippen molar-refractivity contribution < 1.29 is 9.47 Å². The molecule has 2 N–H and O–H groups in total. The summed E-state index contributed by atoms with van der Waals surface area (Å²) in [5, 5.41) is 8.51. The third kappa shape index (κ3) is 2.78. The van der Waals surface area contributed by atoms with E-state index in [-0.39, 0.29) is 0 Å². The minimum Gasteiger partial charge on any atom is -0.490 e. The van der Waals surface area contributed by atoms with Crippen LogP contribution in [-0.2, 0) is 6.54 Å². The van der Waals surface area contributed by atoms with Crippen LogP contribution in [0.15, 0.2) is 18.2 Å². The minimum atomic E-state index is 0.418. The van der Waals surface area contributed by atoms with Crippen LogP contribution < -0.4 is 15.2 Å². The van der Waals surface area contributed by atoms with Gasteiger partial charge in [-0.1, -0.05) is 5.21 Å². The molecule has 1 aromatic heterocycles. The summed E-state index contributed by atoms with van der Waals surface area (Å²) in [5.41, 5.74) is 8.74. The van der Waals surface area contributed by atoms with Gasteiger partial charge in [0, 0.05) is 18.5 Å². The maximum absolute atomic E-state index is 5.79. The van der Waals surface area contributed by atoms with Gasteiger partial charge in [0.1, 0.15) is 5.69 Å². The molecule has 6 heteroatoms. The summed E-state index contributed by atoms with van der Waals surface area (Å²) in [6.07, 6.45) is 2.35. The highest BCUT2D eigenvalue weighted by molar-refractivity contribution is 5.49. The number of ether oxygens (including phenoxy) is 2. The number of benzene rings is 1. The van der Waals surface area contributed by atoms with Crippen LogP contribution in [0.3, 0.4) is 0 Å². The zero-order valence-corrected chi connectivity index (χ0v) is 13.1. The summed E-state index contributed by atoms with van der Waals surface area (Å²) in [4.78, 5) is 0. The Morgan fingerprint density at radius 3 is 2.55 bits per heavy atom. The lowest BCUT2D eigenvalue weighted by atomic mass is 10.2. The third-order valence-electron chi connectivity index (χ3n) is 3.71. The quantitative estimate of drug-likeness (QED) is 0.850. The maximum Gasteiger partial charge on any atom is 0.163 e. The summed E-state index contributed by atoms with van der Waals surface area (Å²) in [6.45, 7) is 5.53. The summed E-state index contributed by atoms with van der Waals surface area (Å²) in [7, 11) is 0. The van der Waals surface area contributed by atoms with Crippen molar-refractivity contribution in [1.82, 2.24) is 15.0 Å². The molecule has 0 unspecified atom stereocenters. The first-order chi connectivity index (χ1) is 10.8. The number of aromatic nitrogens is 3. The number of nitrogens with two attached hydrogens (primary N) is 1. The lowest BCUT2D eigenvalue weighted by Crippen LogP contribution is -2.06. The van der Waals surface area contributed by atoms with Crippen molar-refractivity contribution in [3.05, 3.63) is 29.6 Å². The molecule has 1 saturated carbocycles. The third-order valence-corrected chi connectivity index (χ3v) is 3.71.